The van der Waals surface area contributed by atoms with E-state index in [1.54, 1.807) is 40.3 Å². The number of rotatable bonds is 27. The Morgan fingerprint density at radius 1 is 0.951 bits per heavy atom. The third kappa shape index (κ3) is 17.5. The zero-order valence-electron chi connectivity index (χ0n) is 46.3. The number of aromatic nitrogens is 6. The van der Waals surface area contributed by atoms with Crippen molar-refractivity contribution in [3.05, 3.63) is 113 Å². The van der Waals surface area contributed by atoms with E-state index >= 15 is 0 Å². The van der Waals surface area contributed by atoms with Gasteiger partial charge >= 0.3 is 0 Å². The molecule has 5 heterocycles. The van der Waals surface area contributed by atoms with Crippen LogP contribution in [0, 0.1) is 18.2 Å². The predicted molar refractivity (Wildman–Crippen MR) is 309 cm³/mol. The molecule has 0 unspecified atom stereocenters. The Morgan fingerprint density at radius 2 is 1.75 bits per heavy atom. The molecule has 0 aliphatic carbocycles. The first-order chi connectivity index (χ1) is 39.1. The van der Waals surface area contributed by atoms with Crippen LogP contribution in [0.4, 0.5) is 21.6 Å². The van der Waals surface area contributed by atoms with E-state index in [0.717, 1.165) is 72.6 Å². The lowest BCUT2D eigenvalue weighted by Crippen LogP contribution is -2.58. The number of hydrogen-bond donors (Lipinski definition) is 5. The van der Waals surface area contributed by atoms with Crippen molar-refractivity contribution in [2.24, 2.45) is 5.41 Å². The molecular formula is C58H72ClFN12O8S. The first-order valence-electron chi connectivity index (χ1n) is 27.5. The lowest BCUT2D eigenvalue weighted by Gasteiger charge is -2.35. The van der Waals surface area contributed by atoms with E-state index in [1.165, 1.54) is 29.8 Å². The maximum atomic E-state index is 14.0. The molecule has 3 aromatic heterocycles. The van der Waals surface area contributed by atoms with Crippen LogP contribution < -0.4 is 26.0 Å². The van der Waals surface area contributed by atoms with E-state index in [1.807, 2.05) is 69.7 Å². The minimum absolute atomic E-state index is 0.0292. The summed E-state index contributed by atoms with van der Waals surface area (Å²) in [4.78, 5) is 71.8. The summed E-state index contributed by atoms with van der Waals surface area (Å²) in [6, 6.07) is 13.8. The summed E-state index contributed by atoms with van der Waals surface area (Å²) in [7, 11) is 0. The lowest BCUT2D eigenvalue weighted by atomic mass is 9.85. The number of halogens is 2. The van der Waals surface area contributed by atoms with Gasteiger partial charge in [-0.15, -0.1) is 16.4 Å². The average molecular weight is 1150 g/mol. The third-order valence-corrected chi connectivity index (χ3v) is 15.2. The molecular weight excluding hydrogens is 1080 g/mol. The largest absolute Gasteiger partial charge is 0.491 e. The van der Waals surface area contributed by atoms with Gasteiger partial charge in [0.1, 0.15) is 42.4 Å². The molecule has 3 aromatic carbocycles. The van der Waals surface area contributed by atoms with Crippen LogP contribution in [0.3, 0.4) is 0 Å². The van der Waals surface area contributed by atoms with Gasteiger partial charge in [0.15, 0.2) is 0 Å². The topological polar surface area (TPSA) is 240 Å². The van der Waals surface area contributed by atoms with Crippen molar-refractivity contribution in [2.45, 2.75) is 110 Å². The first kappa shape index (κ1) is 60.2. The van der Waals surface area contributed by atoms with Crippen LogP contribution in [0.2, 0.25) is 5.02 Å². The highest BCUT2D eigenvalue weighted by Crippen LogP contribution is 2.35. The number of likely N-dealkylation sites (tertiary alicyclic amines) is 2. The minimum Gasteiger partial charge on any atom is -0.491 e. The molecule has 81 heavy (non-hydrogen) atoms. The van der Waals surface area contributed by atoms with Crippen molar-refractivity contribution in [3.63, 3.8) is 0 Å². The Hall–Kier alpha value is -6.95. The fourth-order valence-corrected chi connectivity index (χ4v) is 10.6. The second-order valence-electron chi connectivity index (χ2n) is 21.3. The van der Waals surface area contributed by atoms with Gasteiger partial charge in [0.05, 0.1) is 77.1 Å². The van der Waals surface area contributed by atoms with Crippen molar-refractivity contribution in [2.75, 3.05) is 69.8 Å². The highest BCUT2D eigenvalue weighted by molar-refractivity contribution is 7.13. The van der Waals surface area contributed by atoms with E-state index < -0.39 is 41.2 Å². The fraction of sp³-hybridized carbons (Fsp3) is 0.466. The standard InChI is InChI=1S/C58H72ClFN12O8S/c1-38-53(81-37-64-38)40-16-14-39(15-17-40)32-61-56(76)49-29-43(73)34-72(49)57(77)54(58(2,3)4)67-52(75)35-79-27-26-78-25-23-71-33-42(68-69-71)12-7-5-10-24-80-50-31-47-44(55(63-36-62-47)65-41-18-19-46(60)45(59)28-41)30-48(50)66-51(74)13-11-22-70-20-8-6-9-21-70/h11,13-19,28,30-31,33,36-37,43,49,54,73H,5-10,12,20-27,29,32,34-35H2,1-4H3,(H,61,76)(H,66,74)(H,67,75)(H,62,63,65)/b13-11+/t43-,49+,54-/m1/s1. The molecule has 0 radical (unpaired) electrons. The summed E-state index contributed by atoms with van der Waals surface area (Å²) in [5.41, 5.74) is 6.39. The number of nitrogens with zero attached hydrogens (tertiary/aromatic N) is 8. The number of amides is 4. The van der Waals surface area contributed by atoms with Gasteiger partial charge in [0.25, 0.3) is 0 Å². The van der Waals surface area contributed by atoms with Crippen LogP contribution in [0.25, 0.3) is 21.3 Å². The van der Waals surface area contributed by atoms with E-state index in [2.05, 4.69) is 51.4 Å². The van der Waals surface area contributed by atoms with Gasteiger partial charge in [-0.25, -0.2) is 24.0 Å². The molecule has 0 spiro atoms. The van der Waals surface area contributed by atoms with Gasteiger partial charge < -0.3 is 45.5 Å². The lowest BCUT2D eigenvalue weighted by molar-refractivity contribution is -0.144. The number of aliphatic hydroxyl groups excluding tert-OH is 1. The summed E-state index contributed by atoms with van der Waals surface area (Å²) in [5.74, 6) is -1.25. The highest BCUT2D eigenvalue weighted by Gasteiger charge is 2.44. The molecule has 2 aliphatic heterocycles. The van der Waals surface area contributed by atoms with E-state index in [4.69, 9.17) is 25.8 Å². The quantitative estimate of drug-likeness (QED) is 0.0244. The number of unbranched alkanes of at least 4 members (excludes halogenated alkanes) is 2. The third-order valence-electron chi connectivity index (χ3n) is 14.0. The number of benzene rings is 3. The van der Waals surface area contributed by atoms with Crippen LogP contribution in [-0.2, 0) is 48.2 Å². The van der Waals surface area contributed by atoms with Crippen molar-refractivity contribution >= 4 is 74.7 Å². The molecule has 5 N–H and O–H groups in total. The van der Waals surface area contributed by atoms with Crippen LogP contribution in [0.1, 0.15) is 82.7 Å². The number of anilines is 3. The van der Waals surface area contributed by atoms with Crippen LogP contribution in [0.15, 0.2) is 84.8 Å². The molecule has 6 aromatic rings. The Bertz CT molecular complexity index is 3110. The van der Waals surface area contributed by atoms with Crippen molar-refractivity contribution < 1.29 is 42.9 Å². The van der Waals surface area contributed by atoms with Crippen LogP contribution in [0.5, 0.6) is 5.75 Å². The van der Waals surface area contributed by atoms with Crippen LogP contribution >= 0.6 is 22.9 Å². The summed E-state index contributed by atoms with van der Waals surface area (Å²) in [5, 5.41) is 31.7. The van der Waals surface area contributed by atoms with E-state index in [0.29, 0.717) is 66.6 Å². The Balaban J connectivity index is 0.728. The summed E-state index contributed by atoms with van der Waals surface area (Å²) in [6.45, 7) is 11.6. The van der Waals surface area contributed by atoms with E-state index in [-0.39, 0.29) is 56.2 Å². The molecule has 432 valence electrons. The number of thiazole rings is 1. The number of ether oxygens (including phenoxy) is 3. The molecule has 4 amide bonds. The van der Waals surface area contributed by atoms with E-state index in [9.17, 15) is 28.7 Å². The average Bonchev–Trinajstić information content (AvgIpc) is 4.28. The predicted octanol–water partition coefficient (Wildman–Crippen LogP) is 7.80. The molecule has 2 saturated heterocycles. The van der Waals surface area contributed by atoms with Gasteiger partial charge in [0.2, 0.25) is 23.6 Å². The molecule has 0 saturated carbocycles. The van der Waals surface area contributed by atoms with Crippen molar-refractivity contribution in [1.29, 1.82) is 0 Å². The number of nitrogens with one attached hydrogen (secondary N) is 4. The molecule has 3 atom stereocenters. The number of aryl methyl sites for hydroxylation is 2. The summed E-state index contributed by atoms with van der Waals surface area (Å²) < 4.78 is 33.2. The number of piperidine rings is 1. The smallest absolute Gasteiger partial charge is 0.248 e. The minimum atomic E-state index is -0.984. The van der Waals surface area contributed by atoms with Gasteiger partial charge in [-0.2, -0.15) is 0 Å². The molecule has 20 nitrogen and oxygen atoms in total. The van der Waals surface area contributed by atoms with Gasteiger partial charge in [-0.1, -0.05) is 74.3 Å². The van der Waals surface area contributed by atoms with Gasteiger partial charge in [0, 0.05) is 55.5 Å². The molecule has 2 fully saturated rings. The Labute approximate surface area is 480 Å². The Morgan fingerprint density at radius 3 is 2.52 bits per heavy atom. The molecule has 2 aliphatic rings. The maximum Gasteiger partial charge on any atom is 0.248 e. The zero-order valence-corrected chi connectivity index (χ0v) is 47.9. The normalized spacial score (nSPS) is 16.2. The number of fused-ring (bicyclic) bond motifs is 1. The van der Waals surface area contributed by atoms with Crippen LogP contribution in [-0.4, -0.2) is 146 Å². The second kappa shape index (κ2) is 29.2. The second-order valence-corrected chi connectivity index (χ2v) is 22.6. The monoisotopic (exact) mass is 1150 g/mol. The number of aliphatic hydroxyl groups is 1. The SMILES string of the molecule is Cc1ncsc1-c1ccc(CNC(=O)[C@@H]2C[C@@H](O)CN2C(=O)[C@@H](NC(=O)COCCOCCn2cc(CCCCCOc3cc4ncnc(Nc5ccc(F)c(Cl)c5)c4cc3NC(=O)/C=C/CN3CCCCC3)nn2)C(C)(C)C)cc1. The highest BCUT2D eigenvalue weighted by atomic mass is 35.5. The van der Waals surface area contributed by atoms with Gasteiger partial charge in [-0.3, -0.25) is 24.1 Å². The number of hydrogen-bond acceptors (Lipinski definition) is 16. The molecule has 23 heteroatoms. The molecule has 0 bridgehead atoms. The summed E-state index contributed by atoms with van der Waals surface area (Å²) >= 11 is 7.61. The first-order valence-corrected chi connectivity index (χ1v) is 28.8. The van der Waals surface area contributed by atoms with Gasteiger partial charge in [-0.05, 0) is 99.3 Å². The zero-order chi connectivity index (χ0) is 57.3. The maximum absolute atomic E-state index is 14.0. The number of carbonyl (C=O) groups is 4. The van der Waals surface area contributed by atoms with Crippen molar-refractivity contribution in [3.8, 4) is 16.2 Å². The van der Waals surface area contributed by atoms with Crippen molar-refractivity contribution in [1.82, 2.24) is 50.4 Å². The summed E-state index contributed by atoms with van der Waals surface area (Å²) in [6.07, 6.45) is 12.6. The fourth-order valence-electron chi connectivity index (χ4n) is 9.59. The molecule has 8 rings (SSSR count). The number of β-amino-alcohol motifs (C(OH)–C–C–N with tert-alkyl or cyclic N) is 1. The number of carbonyl (C=O) groups excluding carboxylic acids is 4. The Kier molecular flexibility index (Phi) is 21.7.